The predicted octanol–water partition coefficient (Wildman–Crippen LogP) is 5.15. The van der Waals surface area contributed by atoms with E-state index in [9.17, 15) is 8.42 Å². The van der Waals surface area contributed by atoms with E-state index in [1.165, 1.54) is 6.26 Å². The zero-order chi connectivity index (χ0) is 21.4. The first-order valence-corrected chi connectivity index (χ1v) is 12.4. The van der Waals surface area contributed by atoms with Crippen LogP contribution in [0.25, 0.3) is 11.3 Å². The Bertz CT molecular complexity index is 1200. The molecule has 0 radical (unpaired) electrons. The molecule has 1 aliphatic heterocycles. The summed E-state index contributed by atoms with van der Waals surface area (Å²) in [7, 11) is -3.21. The van der Waals surface area contributed by atoms with Crippen LogP contribution in [-0.2, 0) is 14.7 Å². The number of hydrogen-bond acceptors (Lipinski definition) is 6. The summed E-state index contributed by atoms with van der Waals surface area (Å²) >= 11 is 0. The Morgan fingerprint density at radius 1 is 0.968 bits per heavy atom. The van der Waals surface area contributed by atoms with E-state index in [1.807, 2.05) is 42.5 Å². The number of sulfone groups is 1. The van der Waals surface area contributed by atoms with E-state index in [-0.39, 0.29) is 17.9 Å². The molecule has 2 aromatic carbocycles. The van der Waals surface area contributed by atoms with Crippen LogP contribution >= 0.6 is 0 Å². The van der Waals surface area contributed by atoms with Crippen LogP contribution in [0.15, 0.2) is 75.2 Å². The molecule has 6 nitrogen and oxygen atoms in total. The quantitative estimate of drug-likeness (QED) is 0.553. The minimum atomic E-state index is -3.21. The number of oxime groups is 1. The van der Waals surface area contributed by atoms with Gasteiger partial charge in [-0.05, 0) is 30.5 Å². The lowest BCUT2D eigenvalue weighted by molar-refractivity contribution is 0.0856. The molecule has 1 fully saturated rings. The summed E-state index contributed by atoms with van der Waals surface area (Å²) in [5.41, 5.74) is 4.00. The first kappa shape index (κ1) is 20.0. The maximum atomic E-state index is 11.7. The topological polar surface area (TPSA) is 81.8 Å². The first-order valence-electron chi connectivity index (χ1n) is 10.5. The highest BCUT2D eigenvalue weighted by Gasteiger charge is 2.38. The Balaban J connectivity index is 1.30. The second kappa shape index (κ2) is 7.96. The van der Waals surface area contributed by atoms with Gasteiger partial charge in [-0.2, -0.15) is 0 Å². The Labute approximate surface area is 181 Å². The summed E-state index contributed by atoms with van der Waals surface area (Å²) in [6.07, 6.45) is 4.97. The number of nitrogens with zero attached hydrogens (tertiary/aromatic N) is 2. The Morgan fingerprint density at radius 3 is 2.45 bits per heavy atom. The summed E-state index contributed by atoms with van der Waals surface area (Å²) in [6, 6.07) is 18.9. The van der Waals surface area contributed by atoms with Crippen LogP contribution in [0.1, 0.15) is 49.0 Å². The molecule has 7 heteroatoms. The molecule has 3 aromatic rings. The summed E-state index contributed by atoms with van der Waals surface area (Å²) < 4.78 is 29.0. The molecule has 2 aliphatic rings. The van der Waals surface area contributed by atoms with Gasteiger partial charge in [0, 0.05) is 36.1 Å². The maximum Gasteiger partial charge on any atom is 0.175 e. The fraction of sp³-hybridized carbons (Fsp3) is 0.333. The van der Waals surface area contributed by atoms with E-state index in [0.29, 0.717) is 11.3 Å². The number of benzene rings is 2. The van der Waals surface area contributed by atoms with Gasteiger partial charge in [-0.3, -0.25) is 0 Å². The van der Waals surface area contributed by atoms with Crippen LogP contribution in [0.2, 0.25) is 0 Å². The van der Waals surface area contributed by atoms with Crippen LogP contribution in [0.3, 0.4) is 0 Å². The van der Waals surface area contributed by atoms with Crippen LogP contribution in [0.5, 0.6) is 0 Å². The third kappa shape index (κ3) is 4.02. The molecule has 0 saturated heterocycles. The van der Waals surface area contributed by atoms with E-state index >= 15 is 0 Å². The largest absolute Gasteiger partial charge is 0.387 e. The van der Waals surface area contributed by atoms with Gasteiger partial charge in [0.25, 0.3) is 0 Å². The van der Waals surface area contributed by atoms with Crippen molar-refractivity contribution in [1.29, 1.82) is 0 Å². The van der Waals surface area contributed by atoms with Crippen molar-refractivity contribution in [2.75, 3.05) is 6.26 Å². The normalized spacial score (nSPS) is 23.5. The monoisotopic (exact) mass is 436 g/mol. The minimum absolute atomic E-state index is 0.179. The van der Waals surface area contributed by atoms with Gasteiger partial charge in [-0.25, -0.2) is 8.42 Å². The smallest absolute Gasteiger partial charge is 0.175 e. The fourth-order valence-electron chi connectivity index (χ4n) is 4.64. The highest BCUT2D eigenvalue weighted by molar-refractivity contribution is 7.90. The van der Waals surface area contributed by atoms with Gasteiger partial charge in [-0.1, -0.05) is 59.2 Å². The van der Waals surface area contributed by atoms with Gasteiger partial charge in [0.05, 0.1) is 16.3 Å². The fourth-order valence-corrected chi connectivity index (χ4v) is 5.27. The van der Waals surface area contributed by atoms with E-state index < -0.39 is 9.84 Å². The van der Waals surface area contributed by atoms with Crippen molar-refractivity contribution in [2.45, 2.75) is 42.6 Å². The van der Waals surface area contributed by atoms with Crippen molar-refractivity contribution in [3.05, 3.63) is 71.9 Å². The molecule has 0 spiro atoms. The van der Waals surface area contributed by atoms with Crippen LogP contribution in [0, 0.1) is 5.92 Å². The summed E-state index contributed by atoms with van der Waals surface area (Å²) in [5, 5.41) is 8.81. The Hall–Kier alpha value is -2.93. The second-order valence-electron chi connectivity index (χ2n) is 8.35. The van der Waals surface area contributed by atoms with Crippen molar-refractivity contribution >= 4 is 15.5 Å². The van der Waals surface area contributed by atoms with Crippen LogP contribution in [0.4, 0.5) is 0 Å². The highest BCUT2D eigenvalue weighted by Crippen LogP contribution is 2.44. The predicted molar refractivity (Wildman–Crippen MR) is 117 cm³/mol. The lowest BCUT2D eigenvalue weighted by atomic mass is 9.86. The molecule has 1 aliphatic carbocycles. The molecule has 0 N–H and O–H groups in total. The van der Waals surface area contributed by atoms with Crippen LogP contribution < -0.4 is 0 Å². The standard InChI is InChI=1S/C24H24N2O4S/c1-31(27,28)18-12-10-17(11-13-18)24-15-22(26-30-24)20-9-5-8-19(20)21-14-23(29-25-21)16-6-3-2-4-7-16/h2-4,6-7,10-14,19-20,24H,5,8-9,15H2,1H3/t19-,20-,24?/m1/s1. The second-order valence-corrected chi connectivity index (χ2v) is 10.4. The van der Waals surface area contributed by atoms with Gasteiger partial charge < -0.3 is 9.36 Å². The number of rotatable bonds is 5. The Morgan fingerprint density at radius 2 is 1.71 bits per heavy atom. The summed E-state index contributed by atoms with van der Waals surface area (Å²) in [4.78, 5) is 6.05. The molecule has 1 unspecified atom stereocenters. The van der Waals surface area contributed by atoms with E-state index in [4.69, 9.17) is 9.36 Å². The van der Waals surface area contributed by atoms with Crippen molar-refractivity contribution in [1.82, 2.24) is 5.16 Å². The zero-order valence-electron chi connectivity index (χ0n) is 17.3. The molecule has 160 valence electrons. The molecule has 31 heavy (non-hydrogen) atoms. The lowest BCUT2D eigenvalue weighted by Crippen LogP contribution is -2.17. The maximum absolute atomic E-state index is 11.7. The van der Waals surface area contributed by atoms with Gasteiger partial charge in [-0.15, -0.1) is 0 Å². The molecule has 5 rings (SSSR count). The molecule has 2 heterocycles. The van der Waals surface area contributed by atoms with E-state index in [2.05, 4.69) is 16.4 Å². The van der Waals surface area contributed by atoms with Gasteiger partial charge in [0.2, 0.25) is 0 Å². The Kier molecular flexibility index (Phi) is 5.14. The molecule has 0 bridgehead atoms. The van der Waals surface area contributed by atoms with Gasteiger partial charge in [0.15, 0.2) is 21.7 Å². The van der Waals surface area contributed by atoms with E-state index in [1.54, 1.807) is 12.1 Å². The summed E-state index contributed by atoms with van der Waals surface area (Å²) in [6.45, 7) is 0. The molecule has 3 atom stereocenters. The van der Waals surface area contributed by atoms with Crippen molar-refractivity contribution in [3.63, 3.8) is 0 Å². The van der Waals surface area contributed by atoms with Gasteiger partial charge in [0.1, 0.15) is 0 Å². The summed E-state index contributed by atoms with van der Waals surface area (Å²) in [5.74, 6) is 1.35. The van der Waals surface area contributed by atoms with Crippen molar-refractivity contribution in [2.24, 2.45) is 11.1 Å². The minimum Gasteiger partial charge on any atom is -0.387 e. The SMILES string of the molecule is CS(=O)(=O)c1ccc(C2CC([C@@H]3CCC[C@H]3c3cc(-c4ccccc4)on3)=NO2)cc1. The molecule has 0 amide bonds. The molecule has 1 aromatic heterocycles. The molecular weight excluding hydrogens is 412 g/mol. The first-order chi connectivity index (χ1) is 15.0. The molecular formula is C24H24N2O4S. The third-order valence-electron chi connectivity index (χ3n) is 6.28. The van der Waals surface area contributed by atoms with Crippen LogP contribution in [-0.4, -0.2) is 25.5 Å². The highest BCUT2D eigenvalue weighted by atomic mass is 32.2. The average Bonchev–Trinajstić information content (AvgIpc) is 3.53. The third-order valence-corrected chi connectivity index (χ3v) is 7.41. The van der Waals surface area contributed by atoms with Crippen molar-refractivity contribution in [3.8, 4) is 11.3 Å². The number of aromatic nitrogens is 1. The van der Waals surface area contributed by atoms with Gasteiger partial charge >= 0.3 is 0 Å². The average molecular weight is 437 g/mol. The van der Waals surface area contributed by atoms with E-state index in [0.717, 1.165) is 47.6 Å². The molecule has 1 saturated carbocycles. The zero-order valence-corrected chi connectivity index (χ0v) is 18.1. The lowest BCUT2D eigenvalue weighted by Gasteiger charge is -2.16. The number of hydrogen-bond donors (Lipinski definition) is 0. The van der Waals surface area contributed by atoms with Crippen molar-refractivity contribution < 1.29 is 17.8 Å².